The van der Waals surface area contributed by atoms with Crippen LogP contribution in [-0.2, 0) is 51.3 Å². The normalized spacial score (nSPS) is 11.7. The third kappa shape index (κ3) is 25.1. The highest BCUT2D eigenvalue weighted by Gasteiger charge is 2.04. The third-order valence-electron chi connectivity index (χ3n) is 4.59. The quantitative estimate of drug-likeness (QED) is 0.166. The molecular formula is C32H43NO10. The van der Waals surface area contributed by atoms with E-state index in [0.29, 0.717) is 0 Å². The Kier molecular flexibility index (Phi) is 22.8. The summed E-state index contributed by atoms with van der Waals surface area (Å²) in [6.07, 6.45) is 2.45. The number of carbonyl (C=O) groups is 4. The Labute approximate surface area is 253 Å². The van der Waals surface area contributed by atoms with Gasteiger partial charge in [-0.3, -0.25) is 0 Å². The molecule has 0 saturated carbocycles. The zero-order valence-corrected chi connectivity index (χ0v) is 25.1. The van der Waals surface area contributed by atoms with Crippen LogP contribution in [0.25, 0.3) is 0 Å². The first-order chi connectivity index (χ1) is 20.6. The standard InChI is InChI=1S/2C14H16O5.C4H11N/c2*1-11(15)9-18-13(16)7-8-14(17)19-10-12-5-3-2-4-6-12;1-3-5-4-2/h2*2-8,11,15H,9-10H2,1H3;5H,3-4H2,1-2H3/b8-7+;8-7-;. The summed E-state index contributed by atoms with van der Waals surface area (Å²) in [4.78, 5) is 44.8. The van der Waals surface area contributed by atoms with Crippen LogP contribution in [0, 0.1) is 0 Å². The number of ether oxygens (including phenoxy) is 4. The molecule has 0 spiro atoms. The number of aliphatic hydroxyl groups is 2. The van der Waals surface area contributed by atoms with Crippen molar-refractivity contribution >= 4 is 23.9 Å². The van der Waals surface area contributed by atoms with Gasteiger partial charge in [0.2, 0.25) is 0 Å². The van der Waals surface area contributed by atoms with Crippen molar-refractivity contribution in [1.29, 1.82) is 0 Å². The van der Waals surface area contributed by atoms with Crippen LogP contribution >= 0.6 is 0 Å². The van der Waals surface area contributed by atoms with Gasteiger partial charge in [0.25, 0.3) is 0 Å². The highest BCUT2D eigenvalue weighted by molar-refractivity contribution is 5.92. The number of esters is 4. The second-order valence-electron chi connectivity index (χ2n) is 8.77. The van der Waals surface area contributed by atoms with Crippen LogP contribution in [0.15, 0.2) is 85.0 Å². The number of benzene rings is 2. The molecule has 0 aromatic heterocycles. The van der Waals surface area contributed by atoms with Crippen LogP contribution in [0.2, 0.25) is 0 Å². The predicted octanol–water partition coefficient (Wildman–Crippen LogP) is 3.04. The molecule has 0 aliphatic carbocycles. The summed E-state index contributed by atoms with van der Waals surface area (Å²) >= 11 is 0. The maximum atomic E-state index is 11.3. The Hall–Kier alpha value is -4.32. The van der Waals surface area contributed by atoms with Crippen LogP contribution in [-0.4, -0.2) is 72.6 Å². The average molecular weight is 602 g/mol. The van der Waals surface area contributed by atoms with Crippen molar-refractivity contribution in [3.63, 3.8) is 0 Å². The first-order valence-electron chi connectivity index (χ1n) is 13.7. The molecule has 11 nitrogen and oxygen atoms in total. The largest absolute Gasteiger partial charge is 0.460 e. The minimum absolute atomic E-state index is 0.109. The lowest BCUT2D eigenvalue weighted by Gasteiger charge is -2.03. The minimum atomic E-state index is -0.734. The molecule has 0 heterocycles. The number of aliphatic hydroxyl groups excluding tert-OH is 2. The maximum Gasteiger partial charge on any atom is 0.331 e. The van der Waals surface area contributed by atoms with E-state index in [1.165, 1.54) is 13.8 Å². The van der Waals surface area contributed by atoms with Crippen molar-refractivity contribution in [3.05, 3.63) is 96.1 Å². The summed E-state index contributed by atoms with van der Waals surface area (Å²) in [5.74, 6) is -2.65. The van der Waals surface area contributed by atoms with E-state index in [0.717, 1.165) is 48.5 Å². The van der Waals surface area contributed by atoms with Gasteiger partial charge in [0, 0.05) is 24.3 Å². The van der Waals surface area contributed by atoms with Gasteiger partial charge in [0.05, 0.1) is 12.2 Å². The minimum Gasteiger partial charge on any atom is -0.460 e. The van der Waals surface area contributed by atoms with Crippen molar-refractivity contribution in [2.75, 3.05) is 26.3 Å². The van der Waals surface area contributed by atoms with Crippen LogP contribution in [0.5, 0.6) is 0 Å². The topological polar surface area (TPSA) is 158 Å². The Morgan fingerprint density at radius 2 is 0.907 bits per heavy atom. The zero-order valence-electron chi connectivity index (χ0n) is 25.1. The maximum absolute atomic E-state index is 11.3. The molecular weight excluding hydrogens is 558 g/mol. The summed E-state index contributed by atoms with van der Waals surface area (Å²) in [6.45, 7) is 9.44. The van der Waals surface area contributed by atoms with E-state index < -0.39 is 36.1 Å². The van der Waals surface area contributed by atoms with Crippen molar-refractivity contribution in [1.82, 2.24) is 5.32 Å². The molecule has 0 bridgehead atoms. The highest BCUT2D eigenvalue weighted by Crippen LogP contribution is 2.02. The lowest BCUT2D eigenvalue weighted by atomic mass is 10.2. The van der Waals surface area contributed by atoms with Gasteiger partial charge < -0.3 is 34.5 Å². The highest BCUT2D eigenvalue weighted by atomic mass is 16.6. The number of hydrogen-bond acceptors (Lipinski definition) is 11. The van der Waals surface area contributed by atoms with Gasteiger partial charge in [-0.25, -0.2) is 19.2 Å². The summed E-state index contributed by atoms with van der Waals surface area (Å²) < 4.78 is 19.1. The fourth-order valence-electron chi connectivity index (χ4n) is 2.58. The Balaban J connectivity index is 0.000000709. The molecule has 0 aliphatic heterocycles. The van der Waals surface area contributed by atoms with E-state index >= 15 is 0 Å². The molecule has 11 heteroatoms. The fourth-order valence-corrected chi connectivity index (χ4v) is 2.58. The molecule has 2 atom stereocenters. The van der Waals surface area contributed by atoms with Gasteiger partial charge in [-0.2, -0.15) is 0 Å². The summed E-state index contributed by atoms with van der Waals surface area (Å²) in [5.41, 5.74) is 1.72. The SMILES string of the molecule is CC(O)COC(=O)/C=C/C(=O)OCc1ccccc1.CC(O)COC(=O)/C=C\C(=O)OCc1ccccc1.CCNCC. The smallest absolute Gasteiger partial charge is 0.331 e. The van der Waals surface area contributed by atoms with Gasteiger partial charge >= 0.3 is 23.9 Å². The molecule has 2 aromatic rings. The van der Waals surface area contributed by atoms with Gasteiger partial charge in [-0.05, 0) is 38.1 Å². The van der Waals surface area contributed by atoms with Gasteiger partial charge in [-0.1, -0.05) is 74.5 Å². The van der Waals surface area contributed by atoms with Crippen molar-refractivity contribution in [2.45, 2.75) is 53.1 Å². The first kappa shape index (κ1) is 38.7. The Morgan fingerprint density at radius 3 is 1.16 bits per heavy atom. The summed E-state index contributed by atoms with van der Waals surface area (Å²) in [7, 11) is 0. The molecule has 0 amide bonds. The van der Waals surface area contributed by atoms with Crippen molar-refractivity contribution < 1.29 is 48.3 Å². The molecule has 0 aliphatic rings. The third-order valence-corrected chi connectivity index (χ3v) is 4.59. The van der Waals surface area contributed by atoms with E-state index in [2.05, 4.69) is 28.6 Å². The second-order valence-corrected chi connectivity index (χ2v) is 8.77. The van der Waals surface area contributed by atoms with E-state index in [4.69, 9.17) is 19.7 Å². The summed E-state index contributed by atoms with van der Waals surface area (Å²) in [6, 6.07) is 18.4. The number of nitrogens with one attached hydrogen (secondary N) is 1. The van der Waals surface area contributed by atoms with Gasteiger partial charge in [0.1, 0.15) is 26.4 Å². The molecule has 2 aromatic carbocycles. The van der Waals surface area contributed by atoms with Crippen molar-refractivity contribution in [3.8, 4) is 0 Å². The molecule has 236 valence electrons. The lowest BCUT2D eigenvalue weighted by molar-refractivity contribution is -0.142. The van der Waals surface area contributed by atoms with Gasteiger partial charge in [-0.15, -0.1) is 0 Å². The number of hydrogen-bond donors (Lipinski definition) is 3. The zero-order chi connectivity index (χ0) is 32.3. The van der Waals surface area contributed by atoms with Crippen LogP contribution < -0.4 is 5.32 Å². The molecule has 0 radical (unpaired) electrons. The monoisotopic (exact) mass is 601 g/mol. The predicted molar refractivity (Wildman–Crippen MR) is 160 cm³/mol. The van der Waals surface area contributed by atoms with Crippen LogP contribution in [0.3, 0.4) is 0 Å². The first-order valence-corrected chi connectivity index (χ1v) is 13.7. The van der Waals surface area contributed by atoms with Crippen LogP contribution in [0.1, 0.15) is 38.8 Å². The van der Waals surface area contributed by atoms with E-state index in [1.807, 2.05) is 60.7 Å². The van der Waals surface area contributed by atoms with E-state index in [1.54, 1.807) is 0 Å². The number of carbonyl (C=O) groups excluding carboxylic acids is 4. The van der Waals surface area contributed by atoms with E-state index in [9.17, 15) is 19.2 Å². The number of rotatable bonds is 14. The summed E-state index contributed by atoms with van der Waals surface area (Å²) in [5, 5.41) is 20.9. The van der Waals surface area contributed by atoms with Gasteiger partial charge in [0.15, 0.2) is 0 Å². The van der Waals surface area contributed by atoms with Crippen LogP contribution in [0.4, 0.5) is 0 Å². The molecule has 0 fully saturated rings. The molecule has 43 heavy (non-hydrogen) atoms. The van der Waals surface area contributed by atoms with E-state index in [-0.39, 0.29) is 26.4 Å². The molecule has 2 rings (SSSR count). The average Bonchev–Trinajstić information content (AvgIpc) is 3.00. The molecule has 2 unspecified atom stereocenters. The fraction of sp³-hybridized carbons (Fsp3) is 0.375. The molecule has 3 N–H and O–H groups in total. The second kappa shape index (κ2) is 25.4. The lowest BCUT2D eigenvalue weighted by Crippen LogP contribution is -2.14. The molecule has 0 saturated heterocycles. The Morgan fingerprint density at radius 1 is 0.605 bits per heavy atom. The van der Waals surface area contributed by atoms with Crippen molar-refractivity contribution in [2.24, 2.45) is 0 Å². The Bertz CT molecular complexity index is 1010.